The molecule has 0 radical (unpaired) electrons. The molecule has 3 N–H and O–H groups in total. The van der Waals surface area contributed by atoms with E-state index in [2.05, 4.69) is 21.8 Å². The Bertz CT molecular complexity index is 1380. The van der Waals surface area contributed by atoms with Crippen molar-refractivity contribution in [1.82, 2.24) is 9.97 Å². The summed E-state index contributed by atoms with van der Waals surface area (Å²) >= 11 is 0. The SMILES string of the molecule is CN1C(=O)CCOc2ccc(C#CC3(O)COC3)cc21.NC(=O)c1cc(Cc2cccnc2F)ccn1. The standard InChI is InChI=1S/C15H15NO4.C12H10FN3O/c1-16-12-8-11(4-6-15(18)9-19-10-15)2-3-13(12)20-7-5-14(16)17;13-11-9(2-1-4-16-11)6-8-3-5-15-10(7-8)12(14)17/h2-3,8,18H,5,7,9-10H2,1H3;1-5,7H,6H2,(H2,14,17). The molecule has 9 nitrogen and oxygen atoms in total. The van der Waals surface area contributed by atoms with Crippen molar-refractivity contribution in [3.8, 4) is 17.6 Å². The van der Waals surface area contributed by atoms with Crippen molar-refractivity contribution < 1.29 is 28.6 Å². The van der Waals surface area contributed by atoms with Gasteiger partial charge in [0, 0.05) is 37.0 Å². The fourth-order valence-electron chi connectivity index (χ4n) is 3.58. The molecule has 2 aliphatic rings. The number of primary amides is 1. The van der Waals surface area contributed by atoms with E-state index in [0.717, 1.165) is 11.1 Å². The molecule has 1 saturated heterocycles. The molecule has 1 aromatic carbocycles. The van der Waals surface area contributed by atoms with Crippen LogP contribution < -0.4 is 15.4 Å². The fraction of sp³-hybridized carbons (Fsp3) is 0.259. The lowest BCUT2D eigenvalue weighted by Gasteiger charge is -2.30. The van der Waals surface area contributed by atoms with Crippen molar-refractivity contribution in [2.24, 2.45) is 5.73 Å². The van der Waals surface area contributed by atoms with Gasteiger partial charge in [0.05, 0.1) is 31.9 Å². The average Bonchev–Trinajstić information content (AvgIpc) is 3.01. The second-order valence-electron chi connectivity index (χ2n) is 8.55. The van der Waals surface area contributed by atoms with Crippen LogP contribution in [0.5, 0.6) is 5.75 Å². The van der Waals surface area contributed by atoms with Gasteiger partial charge in [-0.25, -0.2) is 4.98 Å². The summed E-state index contributed by atoms with van der Waals surface area (Å²) in [5, 5.41) is 9.86. The highest BCUT2D eigenvalue weighted by Gasteiger charge is 2.33. The minimum atomic E-state index is -1.04. The molecule has 0 aliphatic carbocycles. The van der Waals surface area contributed by atoms with E-state index in [9.17, 15) is 19.1 Å². The lowest BCUT2D eigenvalue weighted by atomic mass is 10.0. The molecule has 2 aromatic heterocycles. The van der Waals surface area contributed by atoms with Gasteiger partial charge in [0.25, 0.3) is 5.91 Å². The van der Waals surface area contributed by atoms with Crippen molar-refractivity contribution in [2.75, 3.05) is 31.8 Å². The van der Waals surface area contributed by atoms with Crippen LogP contribution in [0.25, 0.3) is 0 Å². The Kier molecular flexibility index (Phi) is 7.77. The smallest absolute Gasteiger partial charge is 0.267 e. The van der Waals surface area contributed by atoms with Crippen LogP contribution in [-0.2, 0) is 16.0 Å². The second-order valence-corrected chi connectivity index (χ2v) is 8.55. The van der Waals surface area contributed by atoms with Crippen molar-refractivity contribution >= 4 is 17.5 Å². The number of pyridine rings is 2. The molecule has 0 bridgehead atoms. The molecule has 0 spiro atoms. The van der Waals surface area contributed by atoms with Crippen LogP contribution in [0.4, 0.5) is 10.1 Å². The molecule has 1 fully saturated rings. The minimum absolute atomic E-state index is 0.0138. The van der Waals surface area contributed by atoms with E-state index >= 15 is 0 Å². The first-order valence-corrected chi connectivity index (χ1v) is 11.4. The number of aromatic nitrogens is 2. The quantitative estimate of drug-likeness (QED) is 0.412. The van der Waals surface area contributed by atoms with Crippen LogP contribution in [0.15, 0.2) is 54.9 Å². The molecule has 0 unspecified atom stereocenters. The third-order valence-corrected chi connectivity index (χ3v) is 5.70. The maximum absolute atomic E-state index is 13.3. The van der Waals surface area contributed by atoms with Crippen molar-refractivity contribution in [3.05, 3.63) is 83.2 Å². The topological polar surface area (TPSA) is 128 Å². The summed E-state index contributed by atoms with van der Waals surface area (Å²) in [7, 11) is 1.72. The highest BCUT2D eigenvalue weighted by atomic mass is 19.1. The molecule has 0 saturated carbocycles. The first-order chi connectivity index (χ1) is 17.7. The normalized spacial score (nSPS) is 15.4. The van der Waals surface area contributed by atoms with E-state index in [4.69, 9.17) is 15.2 Å². The van der Waals surface area contributed by atoms with Gasteiger partial charge >= 0.3 is 0 Å². The van der Waals surface area contributed by atoms with E-state index in [-0.39, 0.29) is 24.8 Å². The van der Waals surface area contributed by atoms with Crippen molar-refractivity contribution in [2.45, 2.75) is 18.4 Å². The van der Waals surface area contributed by atoms with Gasteiger partial charge in [-0.1, -0.05) is 17.9 Å². The number of hydrogen-bond acceptors (Lipinski definition) is 7. The third kappa shape index (κ3) is 6.46. The maximum atomic E-state index is 13.3. The Hall–Kier alpha value is -4.33. The number of halogens is 1. The summed E-state index contributed by atoms with van der Waals surface area (Å²) in [4.78, 5) is 31.7. The van der Waals surface area contributed by atoms with Crippen LogP contribution in [0, 0.1) is 17.8 Å². The summed E-state index contributed by atoms with van der Waals surface area (Å²) in [6.07, 6.45) is 3.58. The molecule has 0 atom stereocenters. The molecular weight excluding hydrogens is 479 g/mol. The summed E-state index contributed by atoms with van der Waals surface area (Å²) in [5.41, 5.74) is 6.92. The van der Waals surface area contributed by atoms with E-state index in [0.29, 0.717) is 36.4 Å². The highest BCUT2D eigenvalue weighted by molar-refractivity contribution is 5.95. The maximum Gasteiger partial charge on any atom is 0.267 e. The Morgan fingerprint density at radius 3 is 2.73 bits per heavy atom. The lowest BCUT2D eigenvalue weighted by Crippen LogP contribution is -2.48. The lowest BCUT2D eigenvalue weighted by molar-refractivity contribution is -0.140. The number of amides is 2. The molecule has 5 rings (SSSR count). The second kappa shape index (κ2) is 11.2. The number of hydrogen-bond donors (Lipinski definition) is 2. The van der Waals surface area contributed by atoms with Crippen LogP contribution in [-0.4, -0.2) is 59.4 Å². The van der Waals surface area contributed by atoms with Gasteiger partial charge in [-0.15, -0.1) is 0 Å². The Morgan fingerprint density at radius 1 is 1.22 bits per heavy atom. The number of anilines is 1. The van der Waals surface area contributed by atoms with Gasteiger partial charge in [0.15, 0.2) is 5.60 Å². The number of nitrogens with two attached hydrogens (primary N) is 1. The zero-order valence-corrected chi connectivity index (χ0v) is 20.1. The van der Waals surface area contributed by atoms with Crippen molar-refractivity contribution in [3.63, 3.8) is 0 Å². The molecule has 3 aromatic rings. The molecular formula is C27H25FN4O5. The van der Waals surface area contributed by atoms with Gasteiger partial charge in [-0.2, -0.15) is 4.39 Å². The number of benzene rings is 1. The van der Waals surface area contributed by atoms with Crippen LogP contribution >= 0.6 is 0 Å². The molecule has 4 heterocycles. The van der Waals surface area contributed by atoms with Crippen LogP contribution in [0.2, 0.25) is 0 Å². The fourth-order valence-corrected chi connectivity index (χ4v) is 3.58. The molecule has 190 valence electrons. The van der Waals surface area contributed by atoms with E-state index < -0.39 is 17.5 Å². The monoisotopic (exact) mass is 504 g/mol. The average molecular weight is 505 g/mol. The Balaban J connectivity index is 0.000000176. The van der Waals surface area contributed by atoms with E-state index in [1.807, 2.05) is 6.07 Å². The predicted molar refractivity (Wildman–Crippen MR) is 132 cm³/mol. The number of rotatable bonds is 3. The van der Waals surface area contributed by atoms with Gasteiger partial charge in [0.1, 0.15) is 11.4 Å². The van der Waals surface area contributed by atoms with E-state index in [1.165, 1.54) is 12.4 Å². The van der Waals surface area contributed by atoms with E-state index in [1.54, 1.807) is 48.3 Å². The summed E-state index contributed by atoms with van der Waals surface area (Å²) in [6, 6.07) is 12.0. The predicted octanol–water partition coefficient (Wildman–Crippen LogP) is 1.85. The molecule has 37 heavy (non-hydrogen) atoms. The first kappa shape index (κ1) is 25.8. The largest absolute Gasteiger partial charge is 0.491 e. The first-order valence-electron chi connectivity index (χ1n) is 11.4. The van der Waals surface area contributed by atoms with Gasteiger partial charge in [-0.05, 0) is 42.0 Å². The summed E-state index contributed by atoms with van der Waals surface area (Å²) in [5.74, 6) is 5.30. The van der Waals surface area contributed by atoms with Crippen LogP contribution in [0.1, 0.15) is 33.6 Å². The Labute approximate surface area is 213 Å². The van der Waals surface area contributed by atoms with Crippen LogP contribution in [0.3, 0.4) is 0 Å². The van der Waals surface area contributed by atoms with Gasteiger partial charge in [-0.3, -0.25) is 14.6 Å². The van der Waals surface area contributed by atoms with Gasteiger partial charge < -0.3 is 25.2 Å². The summed E-state index contributed by atoms with van der Waals surface area (Å²) in [6.45, 7) is 0.872. The highest BCUT2D eigenvalue weighted by Crippen LogP contribution is 2.31. The zero-order chi connectivity index (χ0) is 26.4. The minimum Gasteiger partial charge on any atom is -0.491 e. The number of carbonyl (C=O) groups is 2. The number of fused-ring (bicyclic) bond motifs is 1. The summed E-state index contributed by atoms with van der Waals surface area (Å²) < 4.78 is 23.8. The number of carbonyl (C=O) groups excluding carboxylic acids is 2. The Morgan fingerprint density at radius 2 is 2.03 bits per heavy atom. The molecule has 10 heteroatoms. The molecule has 2 amide bonds. The van der Waals surface area contributed by atoms with Crippen molar-refractivity contribution in [1.29, 1.82) is 0 Å². The third-order valence-electron chi connectivity index (χ3n) is 5.70. The zero-order valence-electron chi connectivity index (χ0n) is 20.1. The van der Waals surface area contributed by atoms with Gasteiger partial charge in [0.2, 0.25) is 11.9 Å². The number of nitrogens with zero attached hydrogens (tertiary/aromatic N) is 3. The number of aliphatic hydroxyl groups is 1. The number of ether oxygens (including phenoxy) is 2. The molecule has 2 aliphatic heterocycles.